The minimum absolute atomic E-state index is 0.0363. The third-order valence-electron chi connectivity index (χ3n) is 10.0. The van der Waals surface area contributed by atoms with E-state index in [-0.39, 0.29) is 75.2 Å². The second-order valence-corrected chi connectivity index (χ2v) is 16.7. The number of nitrogens with zero attached hydrogens (tertiary/aromatic N) is 2. The number of phenolic OH excluding ortho intramolecular Hbond substituents is 1. The van der Waals surface area contributed by atoms with Gasteiger partial charge in [-0.3, -0.25) is 53.1 Å². The number of hydrogen-bond donors (Lipinski definition) is 17. The maximum atomic E-state index is 14.0. The highest BCUT2D eigenvalue weighted by molar-refractivity contribution is 5.99. The lowest BCUT2D eigenvalue weighted by Crippen LogP contribution is -2.61. The van der Waals surface area contributed by atoms with Gasteiger partial charge in [0.15, 0.2) is 11.9 Å². The molecule has 8 amide bonds. The first kappa shape index (κ1) is 61.2. The van der Waals surface area contributed by atoms with Crippen molar-refractivity contribution >= 4 is 71.1 Å². The van der Waals surface area contributed by atoms with Gasteiger partial charge >= 0.3 is 11.9 Å². The first-order chi connectivity index (χ1) is 33.2. The van der Waals surface area contributed by atoms with Gasteiger partial charge in [-0.1, -0.05) is 26.0 Å². The van der Waals surface area contributed by atoms with Crippen molar-refractivity contribution in [3.8, 4) is 5.75 Å². The number of guanidine groups is 2. The van der Waals surface area contributed by atoms with Crippen LogP contribution in [0, 0.1) is 5.92 Å². The first-order valence-corrected chi connectivity index (χ1v) is 22.3. The van der Waals surface area contributed by atoms with Crippen LogP contribution >= 0.6 is 0 Å². The number of aliphatic hydroxyl groups excluding tert-OH is 1. The van der Waals surface area contributed by atoms with Crippen LogP contribution in [0.15, 0.2) is 34.3 Å². The van der Waals surface area contributed by atoms with E-state index in [1.807, 2.05) is 0 Å². The molecule has 1 rings (SSSR count). The highest BCUT2D eigenvalue weighted by Gasteiger charge is 2.35. The van der Waals surface area contributed by atoms with Gasteiger partial charge in [-0.25, -0.2) is 4.79 Å². The number of carbonyl (C=O) groups excluding carboxylic acids is 8. The molecule has 0 spiro atoms. The molecule has 396 valence electrons. The van der Waals surface area contributed by atoms with Crippen molar-refractivity contribution in [1.82, 2.24) is 37.2 Å². The van der Waals surface area contributed by atoms with E-state index in [0.717, 1.165) is 0 Å². The Hall–Kier alpha value is -7.82. The summed E-state index contributed by atoms with van der Waals surface area (Å²) in [6, 6.07) is -6.86. The maximum Gasteiger partial charge on any atom is 0.326 e. The minimum atomic E-state index is -1.81. The number of aliphatic hydroxyl groups is 1. The smallest absolute Gasteiger partial charge is 0.326 e. The molecule has 0 aliphatic rings. The third-order valence-corrected chi connectivity index (χ3v) is 10.0. The molecule has 8 atom stereocenters. The van der Waals surface area contributed by atoms with E-state index < -0.39 is 133 Å². The molecule has 0 fully saturated rings. The van der Waals surface area contributed by atoms with E-state index in [9.17, 15) is 68.4 Å². The summed E-state index contributed by atoms with van der Waals surface area (Å²) >= 11 is 0. The second-order valence-electron chi connectivity index (χ2n) is 16.7. The molecule has 0 aromatic heterocycles. The minimum Gasteiger partial charge on any atom is -0.508 e. The average molecular weight is 1010 g/mol. The number of carboxylic acid groups (broad SMARTS) is 2. The normalized spacial score (nSPS) is 14.2. The molecule has 0 radical (unpaired) electrons. The van der Waals surface area contributed by atoms with Crippen molar-refractivity contribution < 1.29 is 68.4 Å². The van der Waals surface area contributed by atoms with Gasteiger partial charge in [0.25, 0.3) is 0 Å². The molecule has 0 unspecified atom stereocenters. The number of primary amides is 1. The summed E-state index contributed by atoms with van der Waals surface area (Å²) in [4.78, 5) is 138. The summed E-state index contributed by atoms with van der Waals surface area (Å²) in [5.41, 5.74) is 32.9. The lowest BCUT2D eigenvalue weighted by Gasteiger charge is -2.28. The number of rotatable bonds is 33. The highest BCUT2D eigenvalue weighted by atomic mass is 16.4. The quantitative estimate of drug-likeness (QED) is 0.0177. The number of carboxylic acids is 2. The SMILES string of the molecule is CC(C)C[C@H](NC(=O)[C@H](CC(N)=O)NC(=O)[C@H](Cc1ccc(O)cc1)NC(=O)[C@H](CCC(=O)O)NC(=O)[C@H](C)N)C(=O)N[C@@H](CCCN=C(N)N)C(=O)N[C@@H](CO)C(=O)N[C@@H](CCCN=C(N)N)C(=O)O. The Bertz CT molecular complexity index is 2060. The molecule has 1 aromatic rings. The van der Waals surface area contributed by atoms with Crippen molar-refractivity contribution in [1.29, 1.82) is 0 Å². The average Bonchev–Trinajstić information content (AvgIpc) is 3.27. The molecule has 0 heterocycles. The van der Waals surface area contributed by atoms with E-state index in [0.29, 0.717) is 5.56 Å². The molecular weight excluding hydrogens is 939 g/mol. The van der Waals surface area contributed by atoms with Crippen LogP contribution in [0.25, 0.3) is 0 Å². The Morgan fingerprint density at radius 3 is 1.44 bits per heavy atom. The van der Waals surface area contributed by atoms with Crippen LogP contribution in [0.5, 0.6) is 5.75 Å². The van der Waals surface area contributed by atoms with Gasteiger partial charge < -0.3 is 92.0 Å². The number of benzene rings is 1. The lowest BCUT2D eigenvalue weighted by molar-refractivity contribution is -0.143. The fourth-order valence-corrected chi connectivity index (χ4v) is 6.39. The van der Waals surface area contributed by atoms with Gasteiger partial charge in [0.2, 0.25) is 47.3 Å². The van der Waals surface area contributed by atoms with Gasteiger partial charge in [-0.2, -0.15) is 0 Å². The molecule has 0 aliphatic heterocycles. The zero-order valence-corrected chi connectivity index (χ0v) is 39.7. The number of amides is 8. The summed E-state index contributed by atoms with van der Waals surface area (Å²) in [6.07, 6.45) is -2.43. The molecule has 0 saturated carbocycles. The first-order valence-electron chi connectivity index (χ1n) is 22.3. The van der Waals surface area contributed by atoms with E-state index in [2.05, 4.69) is 47.2 Å². The van der Waals surface area contributed by atoms with Crippen molar-refractivity contribution in [2.45, 2.75) is 127 Å². The fourth-order valence-electron chi connectivity index (χ4n) is 6.39. The van der Waals surface area contributed by atoms with Gasteiger partial charge in [-0.05, 0) is 69.1 Å². The molecule has 29 nitrogen and oxygen atoms in total. The molecule has 29 heteroatoms. The number of aliphatic imine (C=N–C) groups is 2. The number of aliphatic carboxylic acids is 2. The Morgan fingerprint density at radius 2 is 0.958 bits per heavy atom. The summed E-state index contributed by atoms with van der Waals surface area (Å²) < 4.78 is 0. The van der Waals surface area contributed by atoms with Crippen molar-refractivity contribution in [2.75, 3.05) is 19.7 Å². The number of hydrogen-bond acceptors (Lipinski definition) is 15. The molecule has 1 aromatic carbocycles. The molecule has 23 N–H and O–H groups in total. The molecule has 0 aliphatic carbocycles. The van der Waals surface area contributed by atoms with Crippen LogP contribution in [0.4, 0.5) is 0 Å². The zero-order valence-electron chi connectivity index (χ0n) is 39.7. The Balaban J connectivity index is 3.52. The molecular formula is C42H69N15O14. The summed E-state index contributed by atoms with van der Waals surface area (Å²) in [6.45, 7) is 3.67. The molecule has 0 bridgehead atoms. The van der Waals surface area contributed by atoms with Crippen LogP contribution in [0.3, 0.4) is 0 Å². The topological polar surface area (TPSA) is 517 Å². The predicted molar refractivity (Wildman–Crippen MR) is 254 cm³/mol. The van der Waals surface area contributed by atoms with E-state index in [4.69, 9.17) is 34.4 Å². The number of aromatic hydroxyl groups is 1. The predicted octanol–water partition coefficient (Wildman–Crippen LogP) is -6.35. The molecule has 71 heavy (non-hydrogen) atoms. The standard InChI is InChI=1S/C42H69N15O14/c1-20(2)16-27(36(66)52-24(6-4-14-49-41(45)46)34(64)57-30(19-58)39(69)53-26(40(70)71)7-5-15-50-42(47)48)54-38(68)29(18-31(44)60)56-37(67)28(17-22-8-10-23(59)11-9-22)55-35(65)25(12-13-32(61)62)51-33(63)21(3)43/h8-11,20-21,24-30,58-59H,4-7,12-19,43H2,1-3H3,(H2,44,60)(H,51,63)(H,52,66)(H,53,69)(H,54,68)(H,55,65)(H,56,67)(H,57,64)(H,61,62)(H,70,71)(H4,45,46,49)(H4,47,48,50)/t21-,24-,25-,26-,27-,28-,29-,30-/m0/s1. The zero-order chi connectivity index (χ0) is 54.0. The lowest BCUT2D eigenvalue weighted by atomic mass is 10.0. The fraction of sp³-hybridized carbons (Fsp3) is 0.571. The summed E-state index contributed by atoms with van der Waals surface area (Å²) in [5.74, 6) is -12.0. The Labute approximate surface area is 408 Å². The molecule has 0 saturated heterocycles. The van der Waals surface area contributed by atoms with E-state index >= 15 is 0 Å². The van der Waals surface area contributed by atoms with Crippen molar-refractivity contribution in [3.05, 3.63) is 29.8 Å². The van der Waals surface area contributed by atoms with Crippen molar-refractivity contribution in [2.24, 2.45) is 50.3 Å². The van der Waals surface area contributed by atoms with Crippen molar-refractivity contribution in [3.63, 3.8) is 0 Å². The van der Waals surface area contributed by atoms with Gasteiger partial charge in [0.1, 0.15) is 48.0 Å². The van der Waals surface area contributed by atoms with Crippen LogP contribution in [0.1, 0.15) is 77.7 Å². The Kier molecular flexibility index (Phi) is 27.0. The van der Waals surface area contributed by atoms with E-state index in [1.54, 1.807) is 13.8 Å². The maximum absolute atomic E-state index is 14.0. The van der Waals surface area contributed by atoms with Gasteiger partial charge in [-0.15, -0.1) is 0 Å². The number of nitrogens with two attached hydrogens (primary N) is 6. The largest absolute Gasteiger partial charge is 0.508 e. The summed E-state index contributed by atoms with van der Waals surface area (Å²) in [5, 5.41) is 55.4. The van der Waals surface area contributed by atoms with Crippen LogP contribution in [0.2, 0.25) is 0 Å². The van der Waals surface area contributed by atoms with Gasteiger partial charge in [0.05, 0.1) is 19.1 Å². The summed E-state index contributed by atoms with van der Waals surface area (Å²) in [7, 11) is 0. The second kappa shape index (κ2) is 31.3. The van der Waals surface area contributed by atoms with E-state index in [1.165, 1.54) is 31.2 Å². The van der Waals surface area contributed by atoms with Crippen LogP contribution in [-0.4, -0.2) is 160 Å². The number of carbonyl (C=O) groups is 10. The van der Waals surface area contributed by atoms with Gasteiger partial charge in [0, 0.05) is 25.9 Å². The monoisotopic (exact) mass is 1010 g/mol. The number of nitrogens with one attached hydrogen (secondary N) is 7. The van der Waals surface area contributed by atoms with Crippen LogP contribution in [-0.2, 0) is 54.4 Å². The van der Waals surface area contributed by atoms with Crippen LogP contribution < -0.4 is 71.6 Å². The third kappa shape index (κ3) is 24.9. The highest BCUT2D eigenvalue weighted by Crippen LogP contribution is 2.14. The number of phenols is 1. The Morgan fingerprint density at radius 1 is 0.549 bits per heavy atom.